The second-order valence-electron chi connectivity index (χ2n) is 6.46. The van der Waals surface area contributed by atoms with Crippen molar-refractivity contribution in [2.45, 2.75) is 71.4 Å². The molecule has 22 heavy (non-hydrogen) atoms. The van der Waals surface area contributed by atoms with Crippen LogP contribution >= 0.6 is 0 Å². The van der Waals surface area contributed by atoms with Gasteiger partial charge in [-0.25, -0.2) is 0 Å². The number of hydrogen-bond acceptors (Lipinski definition) is 3. The molecule has 0 aliphatic heterocycles. The number of carboxylic acid groups (broad SMARTS) is 1. The summed E-state index contributed by atoms with van der Waals surface area (Å²) >= 11 is 0. The molecular weight excluding hydrogens is 284 g/mol. The van der Waals surface area contributed by atoms with Gasteiger partial charge >= 0.3 is 5.97 Å². The van der Waals surface area contributed by atoms with Crippen molar-refractivity contribution in [2.75, 3.05) is 6.54 Å². The normalized spacial score (nSPS) is 17.1. The van der Waals surface area contributed by atoms with E-state index in [4.69, 9.17) is 5.11 Å². The number of amides is 2. The minimum absolute atomic E-state index is 0.0225. The first-order valence-corrected chi connectivity index (χ1v) is 8.13. The largest absolute Gasteiger partial charge is 0.480 e. The first kappa shape index (κ1) is 18.5. The summed E-state index contributed by atoms with van der Waals surface area (Å²) < 4.78 is 0. The molecule has 1 aliphatic rings. The van der Waals surface area contributed by atoms with E-state index in [1.54, 1.807) is 20.8 Å². The van der Waals surface area contributed by atoms with Crippen LogP contribution in [0, 0.1) is 5.92 Å². The molecule has 0 heterocycles. The number of carbonyl (C=O) groups is 3. The molecule has 0 aromatic carbocycles. The molecule has 0 saturated heterocycles. The zero-order valence-electron chi connectivity index (χ0n) is 13.8. The van der Waals surface area contributed by atoms with Gasteiger partial charge in [0.15, 0.2) is 0 Å². The molecule has 2 N–H and O–H groups in total. The number of hydrogen-bond donors (Lipinski definition) is 2. The van der Waals surface area contributed by atoms with E-state index in [2.05, 4.69) is 5.32 Å². The van der Waals surface area contributed by atoms with Gasteiger partial charge in [0, 0.05) is 24.4 Å². The predicted molar refractivity (Wildman–Crippen MR) is 83.3 cm³/mol. The third-order valence-electron chi connectivity index (χ3n) is 4.09. The van der Waals surface area contributed by atoms with E-state index in [-0.39, 0.29) is 42.8 Å². The first-order chi connectivity index (χ1) is 10.3. The van der Waals surface area contributed by atoms with Crippen molar-refractivity contribution < 1.29 is 19.5 Å². The van der Waals surface area contributed by atoms with Crippen molar-refractivity contribution in [3.8, 4) is 0 Å². The Kier molecular flexibility index (Phi) is 7.35. The standard InChI is InChI=1S/C16H28N2O4/c1-11(2)18(10-15(20)21)14(19)9-12(3)17-16(22)13-7-5-4-6-8-13/h11-13H,4-10H2,1-3H3,(H,17,22)(H,20,21). The number of nitrogens with zero attached hydrogens (tertiary/aromatic N) is 1. The van der Waals surface area contributed by atoms with Gasteiger partial charge in [0.1, 0.15) is 6.54 Å². The fourth-order valence-electron chi connectivity index (χ4n) is 2.86. The van der Waals surface area contributed by atoms with Crippen LogP contribution in [0.4, 0.5) is 0 Å². The Hall–Kier alpha value is -1.59. The van der Waals surface area contributed by atoms with Crippen molar-refractivity contribution >= 4 is 17.8 Å². The monoisotopic (exact) mass is 312 g/mol. The quantitative estimate of drug-likeness (QED) is 0.750. The average molecular weight is 312 g/mol. The van der Waals surface area contributed by atoms with Gasteiger partial charge in [-0.15, -0.1) is 0 Å². The van der Waals surface area contributed by atoms with Crippen LogP contribution in [0.5, 0.6) is 0 Å². The summed E-state index contributed by atoms with van der Waals surface area (Å²) in [4.78, 5) is 36.5. The summed E-state index contributed by atoms with van der Waals surface area (Å²) in [6.45, 7) is 5.05. The summed E-state index contributed by atoms with van der Waals surface area (Å²) in [6.07, 6.45) is 5.34. The smallest absolute Gasteiger partial charge is 0.323 e. The highest BCUT2D eigenvalue weighted by molar-refractivity contribution is 5.83. The van der Waals surface area contributed by atoms with E-state index in [9.17, 15) is 14.4 Å². The molecule has 0 bridgehead atoms. The second kappa shape index (κ2) is 8.76. The molecule has 0 radical (unpaired) electrons. The van der Waals surface area contributed by atoms with E-state index in [0.29, 0.717) is 0 Å². The Labute approximate surface area is 132 Å². The molecule has 6 nitrogen and oxygen atoms in total. The zero-order chi connectivity index (χ0) is 16.7. The van der Waals surface area contributed by atoms with E-state index >= 15 is 0 Å². The van der Waals surface area contributed by atoms with Gasteiger partial charge in [-0.2, -0.15) is 0 Å². The lowest BCUT2D eigenvalue weighted by Gasteiger charge is -2.27. The molecule has 1 atom stereocenters. The van der Waals surface area contributed by atoms with Gasteiger partial charge in [0.2, 0.25) is 11.8 Å². The Morgan fingerprint density at radius 2 is 1.73 bits per heavy atom. The summed E-state index contributed by atoms with van der Waals surface area (Å²) in [5.74, 6) is -1.18. The lowest BCUT2D eigenvalue weighted by atomic mass is 9.88. The van der Waals surface area contributed by atoms with Gasteiger partial charge in [0.05, 0.1) is 0 Å². The molecule has 0 aromatic heterocycles. The molecule has 0 spiro atoms. The van der Waals surface area contributed by atoms with Crippen LogP contribution in [0.1, 0.15) is 59.3 Å². The van der Waals surface area contributed by atoms with Crippen molar-refractivity contribution in [3.63, 3.8) is 0 Å². The number of nitrogens with one attached hydrogen (secondary N) is 1. The predicted octanol–water partition coefficient (Wildman–Crippen LogP) is 1.78. The highest BCUT2D eigenvalue weighted by Crippen LogP contribution is 2.23. The van der Waals surface area contributed by atoms with E-state index in [1.165, 1.54) is 11.3 Å². The van der Waals surface area contributed by atoms with E-state index < -0.39 is 5.97 Å². The van der Waals surface area contributed by atoms with Crippen molar-refractivity contribution in [1.82, 2.24) is 10.2 Å². The molecule has 1 aliphatic carbocycles. The Balaban J connectivity index is 2.47. The fourth-order valence-corrected chi connectivity index (χ4v) is 2.86. The topological polar surface area (TPSA) is 86.7 Å². The third-order valence-corrected chi connectivity index (χ3v) is 4.09. The SMILES string of the molecule is CC(CC(=O)N(CC(=O)O)C(C)C)NC(=O)C1CCCCC1. The van der Waals surface area contributed by atoms with Crippen molar-refractivity contribution in [1.29, 1.82) is 0 Å². The molecule has 1 fully saturated rings. The van der Waals surface area contributed by atoms with Gasteiger partial charge in [-0.05, 0) is 33.6 Å². The maximum absolute atomic E-state index is 12.2. The highest BCUT2D eigenvalue weighted by atomic mass is 16.4. The Bertz CT molecular complexity index is 403. The first-order valence-electron chi connectivity index (χ1n) is 8.13. The number of rotatable bonds is 7. The highest BCUT2D eigenvalue weighted by Gasteiger charge is 2.25. The van der Waals surface area contributed by atoms with E-state index in [0.717, 1.165) is 25.7 Å². The van der Waals surface area contributed by atoms with Crippen molar-refractivity contribution in [3.05, 3.63) is 0 Å². The molecule has 1 unspecified atom stereocenters. The Morgan fingerprint density at radius 3 is 2.23 bits per heavy atom. The number of aliphatic carboxylic acids is 1. The van der Waals surface area contributed by atoms with Crippen LogP contribution in [-0.4, -0.2) is 46.4 Å². The summed E-state index contributed by atoms with van der Waals surface area (Å²) in [7, 11) is 0. The molecule has 1 rings (SSSR count). The maximum atomic E-state index is 12.2. The summed E-state index contributed by atoms with van der Waals surface area (Å²) in [5, 5.41) is 11.8. The van der Waals surface area contributed by atoms with Crippen LogP contribution in [0.15, 0.2) is 0 Å². The lowest BCUT2D eigenvalue weighted by molar-refractivity contribution is -0.146. The molecule has 6 heteroatoms. The minimum Gasteiger partial charge on any atom is -0.480 e. The zero-order valence-corrected chi connectivity index (χ0v) is 13.8. The van der Waals surface area contributed by atoms with Crippen molar-refractivity contribution in [2.24, 2.45) is 5.92 Å². The summed E-state index contributed by atoms with van der Waals surface area (Å²) in [5.41, 5.74) is 0. The lowest BCUT2D eigenvalue weighted by Crippen LogP contribution is -2.45. The van der Waals surface area contributed by atoms with Gasteiger partial charge < -0.3 is 15.3 Å². The molecular formula is C16H28N2O4. The minimum atomic E-state index is -1.03. The van der Waals surface area contributed by atoms with Gasteiger partial charge in [-0.1, -0.05) is 19.3 Å². The Morgan fingerprint density at radius 1 is 1.14 bits per heavy atom. The van der Waals surface area contributed by atoms with Crippen LogP contribution in [0.2, 0.25) is 0 Å². The fraction of sp³-hybridized carbons (Fsp3) is 0.812. The molecule has 1 saturated carbocycles. The third kappa shape index (κ3) is 6.03. The van der Waals surface area contributed by atoms with Gasteiger partial charge in [0.25, 0.3) is 0 Å². The molecule has 0 aromatic rings. The van der Waals surface area contributed by atoms with Crippen LogP contribution < -0.4 is 5.32 Å². The van der Waals surface area contributed by atoms with Crippen LogP contribution in [0.25, 0.3) is 0 Å². The molecule has 126 valence electrons. The molecule has 2 amide bonds. The second-order valence-corrected chi connectivity index (χ2v) is 6.46. The summed E-state index contributed by atoms with van der Waals surface area (Å²) in [6, 6.07) is -0.457. The van der Waals surface area contributed by atoms with Crippen LogP contribution in [0.3, 0.4) is 0 Å². The van der Waals surface area contributed by atoms with Gasteiger partial charge in [-0.3, -0.25) is 14.4 Å². The maximum Gasteiger partial charge on any atom is 0.323 e. The number of carbonyl (C=O) groups excluding carboxylic acids is 2. The van der Waals surface area contributed by atoms with E-state index in [1.807, 2.05) is 0 Å². The average Bonchev–Trinajstić information content (AvgIpc) is 2.44. The number of carboxylic acids is 1. The van der Waals surface area contributed by atoms with Crippen LogP contribution in [-0.2, 0) is 14.4 Å².